The van der Waals surface area contributed by atoms with Crippen LogP contribution in [0.4, 0.5) is 10.3 Å². The fraction of sp³-hybridized carbons (Fsp3) is 0.182. The summed E-state index contributed by atoms with van der Waals surface area (Å²) in [5.74, 6) is 0.149. The van der Waals surface area contributed by atoms with Crippen LogP contribution in [0.2, 0.25) is 0 Å². The van der Waals surface area contributed by atoms with Gasteiger partial charge < -0.3 is 10.5 Å². The summed E-state index contributed by atoms with van der Waals surface area (Å²) in [6, 6.07) is 4.53. The molecule has 2 rings (SSSR count). The number of anilines is 1. The van der Waals surface area contributed by atoms with Gasteiger partial charge in [0.1, 0.15) is 0 Å². The van der Waals surface area contributed by atoms with Crippen LogP contribution in [0.15, 0.2) is 24.4 Å². The first kappa shape index (κ1) is 10.5. The molecule has 84 valence electrons. The molecule has 0 saturated heterocycles. The second kappa shape index (κ2) is 3.84. The number of hydrogen-bond donors (Lipinski definition) is 1. The van der Waals surface area contributed by atoms with Crippen molar-refractivity contribution in [2.45, 2.75) is 6.92 Å². The van der Waals surface area contributed by atoms with Crippen molar-refractivity contribution in [1.29, 1.82) is 0 Å². The number of benzene rings is 1. The Kier molecular flexibility index (Phi) is 2.52. The van der Waals surface area contributed by atoms with E-state index in [-0.39, 0.29) is 5.75 Å². The van der Waals surface area contributed by atoms with Crippen LogP contribution in [-0.4, -0.2) is 16.7 Å². The molecule has 0 radical (unpaired) electrons. The number of hydrogen-bond acceptors (Lipinski definition) is 3. The summed E-state index contributed by atoms with van der Waals surface area (Å²) < 4.78 is 19.8. The van der Waals surface area contributed by atoms with Gasteiger partial charge in [-0.1, -0.05) is 0 Å². The predicted octanol–water partition coefficient (Wildman–Crippen LogP) is 1.91. The van der Waals surface area contributed by atoms with Gasteiger partial charge in [0, 0.05) is 12.3 Å². The molecule has 16 heavy (non-hydrogen) atoms. The molecule has 0 amide bonds. The zero-order valence-electron chi connectivity index (χ0n) is 9.07. The molecule has 0 spiro atoms. The second-order valence-corrected chi connectivity index (χ2v) is 3.43. The summed E-state index contributed by atoms with van der Waals surface area (Å²) in [6.45, 7) is 1.84. The summed E-state index contributed by atoms with van der Waals surface area (Å²) in [7, 11) is 1.42. The number of aromatic nitrogens is 2. The van der Waals surface area contributed by atoms with Crippen molar-refractivity contribution in [2.24, 2.45) is 0 Å². The molecule has 0 bridgehead atoms. The largest absolute Gasteiger partial charge is 0.494 e. The molecule has 0 aliphatic carbocycles. The highest BCUT2D eigenvalue weighted by molar-refractivity contribution is 5.45. The van der Waals surface area contributed by atoms with Crippen LogP contribution < -0.4 is 10.5 Å². The van der Waals surface area contributed by atoms with Gasteiger partial charge in [-0.15, -0.1) is 0 Å². The lowest BCUT2D eigenvalue weighted by Gasteiger charge is -2.07. The van der Waals surface area contributed by atoms with E-state index in [4.69, 9.17) is 10.5 Å². The number of nitrogen functional groups attached to an aromatic ring is 1. The van der Waals surface area contributed by atoms with E-state index in [1.165, 1.54) is 13.2 Å². The number of halogens is 1. The lowest BCUT2D eigenvalue weighted by atomic mass is 10.3. The Morgan fingerprint density at radius 1 is 1.44 bits per heavy atom. The Morgan fingerprint density at radius 2 is 2.19 bits per heavy atom. The predicted molar refractivity (Wildman–Crippen MR) is 59.2 cm³/mol. The maximum absolute atomic E-state index is 13.2. The van der Waals surface area contributed by atoms with Crippen LogP contribution in [-0.2, 0) is 0 Å². The van der Waals surface area contributed by atoms with Crippen molar-refractivity contribution >= 4 is 5.95 Å². The van der Waals surface area contributed by atoms with E-state index in [2.05, 4.69) is 4.98 Å². The number of ether oxygens (including phenoxy) is 1. The summed E-state index contributed by atoms with van der Waals surface area (Å²) in [5, 5.41) is 0. The highest BCUT2D eigenvalue weighted by Crippen LogP contribution is 2.22. The Labute approximate surface area is 92.5 Å². The van der Waals surface area contributed by atoms with Gasteiger partial charge in [-0.05, 0) is 19.1 Å². The third kappa shape index (κ3) is 1.71. The molecular weight excluding hydrogens is 209 g/mol. The second-order valence-electron chi connectivity index (χ2n) is 3.43. The summed E-state index contributed by atoms with van der Waals surface area (Å²) >= 11 is 0. The highest BCUT2D eigenvalue weighted by atomic mass is 19.1. The average Bonchev–Trinajstić information content (AvgIpc) is 2.59. The van der Waals surface area contributed by atoms with Crippen molar-refractivity contribution in [3.05, 3.63) is 35.9 Å². The van der Waals surface area contributed by atoms with Gasteiger partial charge in [-0.25, -0.2) is 9.37 Å². The summed E-state index contributed by atoms with van der Waals surface area (Å²) in [6.07, 6.45) is 1.78. The highest BCUT2D eigenvalue weighted by Gasteiger charge is 2.08. The third-order valence-electron chi connectivity index (χ3n) is 2.27. The minimum Gasteiger partial charge on any atom is -0.494 e. The smallest absolute Gasteiger partial charge is 0.205 e. The van der Waals surface area contributed by atoms with Crippen molar-refractivity contribution in [3.8, 4) is 11.4 Å². The van der Waals surface area contributed by atoms with Crippen LogP contribution in [0.5, 0.6) is 5.75 Å². The Balaban J connectivity index is 2.52. The van der Waals surface area contributed by atoms with Gasteiger partial charge in [0.05, 0.1) is 18.5 Å². The molecule has 0 saturated carbocycles. The number of nitrogens with two attached hydrogens (primary N) is 1. The maximum Gasteiger partial charge on any atom is 0.205 e. The van der Waals surface area contributed by atoms with E-state index >= 15 is 0 Å². The molecule has 0 aliphatic rings. The number of methoxy groups -OCH3 is 1. The molecule has 4 nitrogen and oxygen atoms in total. The van der Waals surface area contributed by atoms with Gasteiger partial charge in [0.2, 0.25) is 5.95 Å². The first-order valence-electron chi connectivity index (χ1n) is 4.77. The monoisotopic (exact) mass is 221 g/mol. The summed E-state index contributed by atoms with van der Waals surface area (Å²) in [4.78, 5) is 4.07. The molecule has 2 aromatic rings. The van der Waals surface area contributed by atoms with Crippen molar-refractivity contribution in [2.75, 3.05) is 12.8 Å². The van der Waals surface area contributed by atoms with Gasteiger partial charge >= 0.3 is 0 Å². The lowest BCUT2D eigenvalue weighted by Crippen LogP contribution is -2.00. The summed E-state index contributed by atoms with van der Waals surface area (Å²) in [5.41, 5.74) is 7.25. The molecular formula is C11H12FN3O. The van der Waals surface area contributed by atoms with Gasteiger partial charge in [0.15, 0.2) is 11.6 Å². The van der Waals surface area contributed by atoms with E-state index in [0.717, 1.165) is 11.4 Å². The zero-order chi connectivity index (χ0) is 11.7. The third-order valence-corrected chi connectivity index (χ3v) is 2.27. The Hall–Kier alpha value is -2.04. The number of rotatable bonds is 2. The topological polar surface area (TPSA) is 53.1 Å². The normalized spacial score (nSPS) is 10.4. The molecule has 0 aliphatic heterocycles. The molecule has 2 N–H and O–H groups in total. The number of nitrogens with zero attached hydrogens (tertiary/aromatic N) is 2. The minimum absolute atomic E-state index is 0.184. The van der Waals surface area contributed by atoms with Crippen LogP contribution in [0.1, 0.15) is 5.69 Å². The van der Waals surface area contributed by atoms with Crippen molar-refractivity contribution in [1.82, 2.24) is 9.55 Å². The fourth-order valence-corrected chi connectivity index (χ4v) is 1.52. The molecule has 1 aromatic carbocycles. The van der Waals surface area contributed by atoms with Gasteiger partial charge in [-0.3, -0.25) is 4.57 Å². The lowest BCUT2D eigenvalue weighted by molar-refractivity contribution is 0.386. The first-order valence-corrected chi connectivity index (χ1v) is 4.77. The molecule has 0 atom stereocenters. The van der Waals surface area contributed by atoms with Crippen LogP contribution in [0.3, 0.4) is 0 Å². The van der Waals surface area contributed by atoms with Gasteiger partial charge in [-0.2, -0.15) is 0 Å². The van der Waals surface area contributed by atoms with E-state index in [1.807, 2.05) is 6.92 Å². The Morgan fingerprint density at radius 3 is 2.75 bits per heavy atom. The van der Waals surface area contributed by atoms with Crippen LogP contribution in [0.25, 0.3) is 5.69 Å². The van der Waals surface area contributed by atoms with Crippen molar-refractivity contribution in [3.63, 3.8) is 0 Å². The fourth-order valence-electron chi connectivity index (χ4n) is 1.52. The first-order chi connectivity index (χ1) is 7.61. The van der Waals surface area contributed by atoms with E-state index in [1.54, 1.807) is 22.9 Å². The van der Waals surface area contributed by atoms with Crippen molar-refractivity contribution < 1.29 is 9.13 Å². The average molecular weight is 221 g/mol. The number of imidazole rings is 1. The van der Waals surface area contributed by atoms with Crippen LogP contribution in [0, 0.1) is 12.7 Å². The van der Waals surface area contributed by atoms with E-state index < -0.39 is 5.82 Å². The van der Waals surface area contributed by atoms with Gasteiger partial charge in [0.25, 0.3) is 0 Å². The maximum atomic E-state index is 13.2. The molecule has 5 heteroatoms. The number of aryl methyl sites for hydroxylation is 1. The SMILES string of the molecule is COc1cc(-n2cc(C)nc2N)ccc1F. The molecule has 1 aromatic heterocycles. The Bertz CT molecular complexity index is 522. The zero-order valence-corrected chi connectivity index (χ0v) is 9.07. The standard InChI is InChI=1S/C11H12FN3O/c1-7-6-15(11(13)14-7)8-3-4-9(12)10(5-8)16-2/h3-6H,1-2H3,(H2,13,14). The van der Waals surface area contributed by atoms with E-state index in [0.29, 0.717) is 5.95 Å². The van der Waals surface area contributed by atoms with E-state index in [9.17, 15) is 4.39 Å². The molecule has 0 fully saturated rings. The molecule has 1 heterocycles. The quantitative estimate of drug-likeness (QED) is 0.842. The molecule has 0 unspecified atom stereocenters. The minimum atomic E-state index is -0.401. The van der Waals surface area contributed by atoms with Crippen LogP contribution >= 0.6 is 0 Å².